The third-order valence-electron chi connectivity index (χ3n) is 8.82. The maximum Gasteiger partial charge on any atom is 0.224 e. The van der Waals surface area contributed by atoms with Crippen LogP contribution >= 0.6 is 0 Å². The fourth-order valence-electron chi connectivity index (χ4n) is 6.43. The molecule has 3 heterocycles. The molecule has 1 aromatic carbocycles. The van der Waals surface area contributed by atoms with Gasteiger partial charge in [-0.25, -0.2) is 4.98 Å². The maximum absolute atomic E-state index is 13.2. The van der Waals surface area contributed by atoms with Crippen molar-refractivity contribution in [3.8, 4) is 5.75 Å². The van der Waals surface area contributed by atoms with Gasteiger partial charge in [-0.05, 0) is 67.9 Å². The van der Waals surface area contributed by atoms with E-state index in [0.717, 1.165) is 76.1 Å². The van der Waals surface area contributed by atoms with Crippen LogP contribution in [0.2, 0.25) is 0 Å². The van der Waals surface area contributed by atoms with E-state index in [2.05, 4.69) is 57.5 Å². The highest BCUT2D eigenvalue weighted by atomic mass is 16.5. The third kappa shape index (κ3) is 6.95. The van der Waals surface area contributed by atoms with E-state index in [-0.39, 0.29) is 0 Å². The van der Waals surface area contributed by atoms with Gasteiger partial charge in [0, 0.05) is 64.0 Å². The van der Waals surface area contributed by atoms with E-state index in [1.165, 1.54) is 44.2 Å². The van der Waals surface area contributed by atoms with Crippen LogP contribution in [0.1, 0.15) is 82.5 Å². The van der Waals surface area contributed by atoms with Gasteiger partial charge in [0.15, 0.2) is 0 Å². The molecular weight excluding hydrogens is 460 g/mol. The molecule has 0 N–H and O–H groups in total. The lowest BCUT2D eigenvalue weighted by Gasteiger charge is -2.45. The summed E-state index contributed by atoms with van der Waals surface area (Å²) in [4.78, 5) is 22.5. The Labute approximate surface area is 223 Å². The number of nitrogens with zero attached hydrogens (tertiary/aromatic N) is 4. The molecule has 2 fully saturated rings. The molecule has 2 aromatic rings. The fraction of sp³-hybridized carbons (Fsp3) is 0.677. The Morgan fingerprint density at radius 1 is 1.11 bits per heavy atom. The molecule has 202 valence electrons. The number of likely N-dealkylation sites (tertiary alicyclic amines) is 1. The van der Waals surface area contributed by atoms with Crippen LogP contribution < -0.4 is 4.74 Å². The second kappa shape index (κ2) is 12.0. The standard InChI is InChI=1S/C31H46N4O2/c1-25(2)30-32-16-20-35(30)17-12-29(36)34-18-14-31(15-19-34)13-6-5-8-27-7-3-4-9-28(27)37-22-21-33(24-31)23-26-10-11-26/h3-4,7,9,16,20,25-26H,5-6,8,10-15,17-19,21-24H2,1-2H3. The second-order valence-electron chi connectivity index (χ2n) is 12.1. The zero-order valence-corrected chi connectivity index (χ0v) is 23.0. The van der Waals surface area contributed by atoms with Crippen LogP contribution in [0.25, 0.3) is 0 Å². The quantitative estimate of drug-likeness (QED) is 0.517. The summed E-state index contributed by atoms with van der Waals surface area (Å²) >= 11 is 0. The molecule has 1 saturated heterocycles. The normalized spacial score (nSPS) is 21.2. The van der Waals surface area contributed by atoms with E-state index in [9.17, 15) is 4.79 Å². The lowest BCUT2D eigenvalue weighted by Crippen LogP contribution is -2.49. The minimum absolute atomic E-state index is 0.297. The summed E-state index contributed by atoms with van der Waals surface area (Å²) in [5.74, 6) is 3.69. The van der Waals surface area contributed by atoms with Crippen LogP contribution in [-0.2, 0) is 17.8 Å². The molecule has 0 atom stereocenters. The first kappa shape index (κ1) is 26.3. The van der Waals surface area contributed by atoms with E-state index in [1.807, 2.05) is 12.4 Å². The molecule has 3 aliphatic rings. The van der Waals surface area contributed by atoms with Gasteiger partial charge in [0.2, 0.25) is 5.91 Å². The van der Waals surface area contributed by atoms with Crippen molar-refractivity contribution in [3.05, 3.63) is 48.0 Å². The summed E-state index contributed by atoms with van der Waals surface area (Å²) in [6.07, 6.45) is 14.2. The van der Waals surface area contributed by atoms with Gasteiger partial charge in [-0.3, -0.25) is 9.69 Å². The molecule has 1 spiro atoms. The minimum atomic E-state index is 0.297. The monoisotopic (exact) mass is 506 g/mol. The molecular formula is C31H46N4O2. The molecule has 1 amide bonds. The van der Waals surface area contributed by atoms with Crippen molar-refractivity contribution in [2.75, 3.05) is 39.3 Å². The van der Waals surface area contributed by atoms with Crippen LogP contribution in [0, 0.1) is 11.3 Å². The highest BCUT2D eigenvalue weighted by Crippen LogP contribution is 2.40. The van der Waals surface area contributed by atoms with Crippen molar-refractivity contribution in [3.63, 3.8) is 0 Å². The largest absolute Gasteiger partial charge is 0.492 e. The topological polar surface area (TPSA) is 50.6 Å². The lowest BCUT2D eigenvalue weighted by atomic mass is 9.73. The molecule has 1 aliphatic carbocycles. The van der Waals surface area contributed by atoms with Crippen LogP contribution in [0.3, 0.4) is 0 Å². The molecule has 6 nitrogen and oxygen atoms in total. The number of ether oxygens (including phenoxy) is 1. The molecule has 6 heteroatoms. The predicted molar refractivity (Wildman–Crippen MR) is 148 cm³/mol. The number of benzene rings is 1. The first-order chi connectivity index (χ1) is 18.0. The van der Waals surface area contributed by atoms with Crippen molar-refractivity contribution in [2.24, 2.45) is 11.3 Å². The van der Waals surface area contributed by atoms with Crippen LogP contribution in [0.5, 0.6) is 5.75 Å². The average molecular weight is 507 g/mol. The summed E-state index contributed by atoms with van der Waals surface area (Å²) in [6, 6.07) is 8.60. The first-order valence-electron chi connectivity index (χ1n) is 14.7. The molecule has 0 bridgehead atoms. The number of imidazole rings is 1. The number of hydrogen-bond acceptors (Lipinski definition) is 4. The van der Waals surface area contributed by atoms with E-state index >= 15 is 0 Å². The minimum Gasteiger partial charge on any atom is -0.492 e. The Balaban J connectivity index is 1.20. The summed E-state index contributed by atoms with van der Waals surface area (Å²) in [7, 11) is 0. The lowest BCUT2D eigenvalue weighted by molar-refractivity contribution is -0.134. The molecule has 0 unspecified atom stereocenters. The first-order valence-corrected chi connectivity index (χ1v) is 14.7. The van der Waals surface area contributed by atoms with Gasteiger partial charge in [0.1, 0.15) is 18.2 Å². The van der Waals surface area contributed by atoms with Crippen molar-refractivity contribution in [1.82, 2.24) is 19.4 Å². The Morgan fingerprint density at radius 2 is 1.92 bits per heavy atom. The van der Waals surface area contributed by atoms with E-state index in [4.69, 9.17) is 4.74 Å². The molecule has 37 heavy (non-hydrogen) atoms. The van der Waals surface area contributed by atoms with Gasteiger partial charge in [-0.2, -0.15) is 0 Å². The maximum atomic E-state index is 13.2. The predicted octanol–water partition coefficient (Wildman–Crippen LogP) is 5.52. The van der Waals surface area contributed by atoms with Crippen LogP contribution in [0.4, 0.5) is 0 Å². The molecule has 0 radical (unpaired) electrons. The van der Waals surface area contributed by atoms with Gasteiger partial charge in [-0.1, -0.05) is 38.5 Å². The van der Waals surface area contributed by atoms with E-state index < -0.39 is 0 Å². The summed E-state index contributed by atoms with van der Waals surface area (Å²) in [6.45, 7) is 11.0. The summed E-state index contributed by atoms with van der Waals surface area (Å²) < 4.78 is 8.45. The third-order valence-corrected chi connectivity index (χ3v) is 8.82. The number of piperidine rings is 1. The van der Waals surface area contributed by atoms with Crippen molar-refractivity contribution in [2.45, 2.75) is 84.1 Å². The Hall–Kier alpha value is -2.34. The number of fused-ring (bicyclic) bond motifs is 1. The van der Waals surface area contributed by atoms with Crippen LogP contribution in [0.15, 0.2) is 36.7 Å². The number of carbonyl (C=O) groups is 1. The highest BCUT2D eigenvalue weighted by molar-refractivity contribution is 5.76. The fourth-order valence-corrected chi connectivity index (χ4v) is 6.43. The Morgan fingerprint density at radius 3 is 2.70 bits per heavy atom. The SMILES string of the molecule is CC(C)c1nccn1CCC(=O)N1CCC2(CCCCc3ccccc3OCCN(CC3CC3)C2)CC1. The number of aryl methyl sites for hydroxylation is 2. The van der Waals surface area contributed by atoms with Gasteiger partial charge in [-0.15, -0.1) is 0 Å². The number of hydrogen-bond donors (Lipinski definition) is 0. The smallest absolute Gasteiger partial charge is 0.224 e. The zero-order valence-electron chi connectivity index (χ0n) is 23.0. The molecule has 2 aliphatic heterocycles. The van der Waals surface area contributed by atoms with Gasteiger partial charge in [0.25, 0.3) is 0 Å². The van der Waals surface area contributed by atoms with Crippen molar-refractivity contribution >= 4 is 5.91 Å². The number of rotatable bonds is 6. The number of para-hydroxylation sites is 1. The average Bonchev–Trinajstić information content (AvgIpc) is 3.58. The van der Waals surface area contributed by atoms with E-state index in [0.29, 0.717) is 23.7 Å². The number of aromatic nitrogens is 2. The Bertz CT molecular complexity index is 1020. The van der Waals surface area contributed by atoms with Crippen molar-refractivity contribution < 1.29 is 9.53 Å². The van der Waals surface area contributed by atoms with E-state index in [1.54, 1.807) is 0 Å². The number of carbonyl (C=O) groups excluding carboxylic acids is 1. The summed E-state index contributed by atoms with van der Waals surface area (Å²) in [5.41, 5.74) is 1.67. The zero-order chi connectivity index (χ0) is 25.7. The van der Waals surface area contributed by atoms with Crippen LogP contribution in [-0.4, -0.2) is 64.6 Å². The molecule has 1 saturated carbocycles. The molecule has 1 aromatic heterocycles. The van der Waals surface area contributed by atoms with Gasteiger partial charge < -0.3 is 14.2 Å². The second-order valence-corrected chi connectivity index (χ2v) is 12.1. The number of amides is 1. The Kier molecular flexibility index (Phi) is 8.53. The highest BCUT2D eigenvalue weighted by Gasteiger charge is 2.38. The van der Waals surface area contributed by atoms with Gasteiger partial charge in [0.05, 0.1) is 0 Å². The molecule has 5 rings (SSSR count). The van der Waals surface area contributed by atoms with Gasteiger partial charge >= 0.3 is 0 Å². The summed E-state index contributed by atoms with van der Waals surface area (Å²) in [5, 5.41) is 0. The van der Waals surface area contributed by atoms with Crippen molar-refractivity contribution in [1.29, 1.82) is 0 Å².